The molecule has 0 saturated carbocycles. The van der Waals surface area contributed by atoms with Gasteiger partial charge in [0.05, 0.1) is 11.1 Å². The zero-order valence-electron chi connectivity index (χ0n) is 9.18. The van der Waals surface area contributed by atoms with Gasteiger partial charge in [0.1, 0.15) is 17.3 Å². The molecule has 2 aromatic heterocycles. The van der Waals surface area contributed by atoms with Crippen LogP contribution in [-0.4, -0.2) is 19.7 Å². The average Bonchev–Trinajstić information content (AvgIpc) is 2.93. The average molecular weight is 223 g/mol. The number of hydrogen-bond donors (Lipinski definition) is 1. The van der Waals surface area contributed by atoms with Crippen LogP contribution in [-0.2, 0) is 7.05 Å². The van der Waals surface area contributed by atoms with Crippen molar-refractivity contribution in [3.8, 4) is 17.6 Å². The molecule has 1 aromatic carbocycles. The van der Waals surface area contributed by atoms with Gasteiger partial charge in [0, 0.05) is 13.2 Å². The summed E-state index contributed by atoms with van der Waals surface area (Å²) in [7, 11) is 1.85. The number of nitrogens with one attached hydrogen (secondary N) is 1. The first kappa shape index (κ1) is 9.60. The number of rotatable bonds is 1. The second kappa shape index (κ2) is 3.46. The zero-order chi connectivity index (χ0) is 11.8. The van der Waals surface area contributed by atoms with Gasteiger partial charge < -0.3 is 4.98 Å². The third-order valence-electron chi connectivity index (χ3n) is 2.70. The van der Waals surface area contributed by atoms with Crippen molar-refractivity contribution in [2.75, 3.05) is 0 Å². The minimum atomic E-state index is 0.576. The number of nitriles is 1. The normalized spacial score (nSPS) is 10.6. The van der Waals surface area contributed by atoms with Crippen molar-refractivity contribution in [2.45, 2.75) is 0 Å². The summed E-state index contributed by atoms with van der Waals surface area (Å²) in [5.74, 6) is 0.725. The number of aromatic nitrogens is 4. The highest BCUT2D eigenvalue weighted by molar-refractivity contribution is 5.84. The summed E-state index contributed by atoms with van der Waals surface area (Å²) in [5, 5.41) is 13.1. The molecule has 0 bridgehead atoms. The van der Waals surface area contributed by atoms with Gasteiger partial charge in [-0.1, -0.05) is 6.07 Å². The van der Waals surface area contributed by atoms with Crippen molar-refractivity contribution >= 4 is 11.0 Å². The van der Waals surface area contributed by atoms with Crippen LogP contribution in [0.2, 0.25) is 0 Å². The van der Waals surface area contributed by atoms with Crippen LogP contribution in [0.25, 0.3) is 22.6 Å². The van der Waals surface area contributed by atoms with E-state index in [4.69, 9.17) is 5.26 Å². The molecule has 5 nitrogen and oxygen atoms in total. The van der Waals surface area contributed by atoms with Gasteiger partial charge in [-0.25, -0.2) is 4.98 Å². The summed E-state index contributed by atoms with van der Waals surface area (Å²) in [6, 6.07) is 9.52. The molecule has 0 radical (unpaired) electrons. The van der Waals surface area contributed by atoms with Gasteiger partial charge in [-0.15, -0.1) is 0 Å². The summed E-state index contributed by atoms with van der Waals surface area (Å²) in [6.45, 7) is 0. The smallest absolute Gasteiger partial charge is 0.156 e. The maximum absolute atomic E-state index is 9.01. The number of aromatic amines is 1. The maximum Gasteiger partial charge on any atom is 0.156 e. The molecule has 2 heterocycles. The van der Waals surface area contributed by atoms with E-state index >= 15 is 0 Å². The van der Waals surface area contributed by atoms with Crippen LogP contribution in [0.4, 0.5) is 0 Å². The third kappa shape index (κ3) is 1.39. The van der Waals surface area contributed by atoms with Gasteiger partial charge in [-0.3, -0.25) is 4.68 Å². The van der Waals surface area contributed by atoms with Crippen LogP contribution < -0.4 is 0 Å². The number of fused-ring (bicyclic) bond motifs is 1. The van der Waals surface area contributed by atoms with E-state index in [0.29, 0.717) is 11.1 Å². The maximum atomic E-state index is 9.01. The molecule has 82 valence electrons. The Kier molecular flexibility index (Phi) is 1.95. The van der Waals surface area contributed by atoms with Crippen LogP contribution in [0.1, 0.15) is 5.56 Å². The van der Waals surface area contributed by atoms with Crippen molar-refractivity contribution in [3.63, 3.8) is 0 Å². The first-order chi connectivity index (χ1) is 8.29. The Labute approximate surface area is 97.3 Å². The van der Waals surface area contributed by atoms with E-state index in [0.717, 1.165) is 17.0 Å². The van der Waals surface area contributed by atoms with Crippen molar-refractivity contribution in [1.82, 2.24) is 19.7 Å². The lowest BCUT2D eigenvalue weighted by Gasteiger charge is -1.95. The van der Waals surface area contributed by atoms with Crippen molar-refractivity contribution in [2.24, 2.45) is 7.05 Å². The van der Waals surface area contributed by atoms with Crippen LogP contribution in [0, 0.1) is 11.3 Å². The summed E-state index contributed by atoms with van der Waals surface area (Å²) in [5.41, 5.74) is 3.03. The highest BCUT2D eigenvalue weighted by Gasteiger charge is 2.10. The molecule has 1 N–H and O–H groups in total. The summed E-state index contributed by atoms with van der Waals surface area (Å²) < 4.78 is 1.74. The summed E-state index contributed by atoms with van der Waals surface area (Å²) in [4.78, 5) is 7.64. The Morgan fingerprint density at radius 2 is 2.24 bits per heavy atom. The quantitative estimate of drug-likeness (QED) is 0.684. The highest BCUT2D eigenvalue weighted by Crippen LogP contribution is 2.21. The lowest BCUT2D eigenvalue weighted by atomic mass is 10.2. The largest absolute Gasteiger partial charge is 0.337 e. The summed E-state index contributed by atoms with van der Waals surface area (Å²) >= 11 is 0. The molecule has 0 atom stereocenters. The van der Waals surface area contributed by atoms with E-state index in [2.05, 4.69) is 21.1 Å². The standard InChI is InChI=1S/C12H9N5/c1-17-10(5-6-14-17)12-15-9-4-2-3-8(7-13)11(9)16-12/h2-6H,1H3,(H,15,16). The topological polar surface area (TPSA) is 70.3 Å². The SMILES string of the molecule is Cn1nccc1-c1nc2c(C#N)cccc2[nH]1. The van der Waals surface area contributed by atoms with Gasteiger partial charge >= 0.3 is 0 Å². The monoisotopic (exact) mass is 223 g/mol. The predicted molar refractivity (Wildman–Crippen MR) is 63.0 cm³/mol. The van der Waals surface area contributed by atoms with Gasteiger partial charge in [-0.05, 0) is 18.2 Å². The molecule has 0 spiro atoms. The molecular weight excluding hydrogens is 214 g/mol. The van der Waals surface area contributed by atoms with Crippen LogP contribution >= 0.6 is 0 Å². The number of H-pyrrole nitrogens is 1. The van der Waals surface area contributed by atoms with E-state index in [-0.39, 0.29) is 0 Å². The lowest BCUT2D eigenvalue weighted by Crippen LogP contribution is -1.94. The molecule has 0 aliphatic rings. The Bertz CT molecular complexity index is 729. The molecule has 0 unspecified atom stereocenters. The van der Waals surface area contributed by atoms with Crippen LogP contribution in [0.3, 0.4) is 0 Å². The third-order valence-corrected chi connectivity index (χ3v) is 2.70. The Hall–Kier alpha value is -2.61. The molecule has 5 heteroatoms. The van der Waals surface area contributed by atoms with Crippen molar-refractivity contribution in [1.29, 1.82) is 5.26 Å². The number of imidazole rings is 1. The van der Waals surface area contributed by atoms with Gasteiger partial charge in [0.25, 0.3) is 0 Å². The number of hydrogen-bond acceptors (Lipinski definition) is 3. The molecule has 17 heavy (non-hydrogen) atoms. The van der Waals surface area contributed by atoms with Crippen LogP contribution in [0.5, 0.6) is 0 Å². The molecule has 0 fully saturated rings. The van der Waals surface area contributed by atoms with Gasteiger partial charge in [0.2, 0.25) is 0 Å². The van der Waals surface area contributed by atoms with Crippen molar-refractivity contribution < 1.29 is 0 Å². The molecule has 0 aliphatic carbocycles. The van der Waals surface area contributed by atoms with Gasteiger partial charge in [-0.2, -0.15) is 10.4 Å². The highest BCUT2D eigenvalue weighted by atomic mass is 15.3. The fourth-order valence-corrected chi connectivity index (χ4v) is 1.85. The minimum absolute atomic E-state index is 0.576. The predicted octanol–water partition coefficient (Wildman–Crippen LogP) is 1.84. The van der Waals surface area contributed by atoms with E-state index in [1.54, 1.807) is 16.9 Å². The van der Waals surface area contributed by atoms with Crippen molar-refractivity contribution in [3.05, 3.63) is 36.0 Å². The van der Waals surface area contributed by atoms with E-state index in [1.807, 2.05) is 25.2 Å². The zero-order valence-corrected chi connectivity index (χ0v) is 9.18. The van der Waals surface area contributed by atoms with E-state index < -0.39 is 0 Å². The van der Waals surface area contributed by atoms with E-state index in [1.165, 1.54) is 0 Å². The van der Waals surface area contributed by atoms with Gasteiger partial charge in [0.15, 0.2) is 5.82 Å². The Morgan fingerprint density at radius 3 is 2.94 bits per heavy atom. The lowest BCUT2D eigenvalue weighted by molar-refractivity contribution is 0.771. The second-order valence-corrected chi connectivity index (χ2v) is 3.74. The van der Waals surface area contributed by atoms with E-state index in [9.17, 15) is 0 Å². The first-order valence-electron chi connectivity index (χ1n) is 5.17. The molecule has 0 amide bonds. The fourth-order valence-electron chi connectivity index (χ4n) is 1.85. The number of benzene rings is 1. The Morgan fingerprint density at radius 1 is 1.35 bits per heavy atom. The molecule has 3 aromatic rings. The fraction of sp³-hybridized carbons (Fsp3) is 0.0833. The molecule has 0 aliphatic heterocycles. The number of nitrogens with zero attached hydrogens (tertiary/aromatic N) is 4. The number of aryl methyl sites for hydroxylation is 1. The molecular formula is C12H9N5. The number of para-hydroxylation sites is 1. The molecule has 3 rings (SSSR count). The first-order valence-corrected chi connectivity index (χ1v) is 5.17. The summed E-state index contributed by atoms with van der Waals surface area (Å²) in [6.07, 6.45) is 1.72. The second-order valence-electron chi connectivity index (χ2n) is 3.74. The Balaban J connectivity index is 2.28. The van der Waals surface area contributed by atoms with Crippen LogP contribution in [0.15, 0.2) is 30.5 Å². The molecule has 0 saturated heterocycles. The minimum Gasteiger partial charge on any atom is -0.337 e.